The Balaban J connectivity index is 3.01. The summed E-state index contributed by atoms with van der Waals surface area (Å²) in [5, 5.41) is 16.3. The lowest BCUT2D eigenvalue weighted by Crippen LogP contribution is -2.22. The van der Waals surface area contributed by atoms with Crippen LogP contribution in [0.25, 0.3) is 0 Å². The van der Waals surface area contributed by atoms with Crippen LogP contribution in [0.1, 0.15) is 38.1 Å². The number of aliphatic hydroxyl groups is 1. The fourth-order valence-corrected chi connectivity index (χ4v) is 1.82. The van der Waals surface area contributed by atoms with Crippen molar-refractivity contribution in [3.63, 3.8) is 0 Å². The van der Waals surface area contributed by atoms with Crippen LogP contribution in [0.15, 0.2) is 12.1 Å². The smallest absolute Gasteiger partial charge is 0.393 e. The summed E-state index contributed by atoms with van der Waals surface area (Å²) < 4.78 is 36.9. The molecule has 0 amide bonds. The van der Waals surface area contributed by atoms with Crippen molar-refractivity contribution in [3.05, 3.63) is 23.5 Å². The Labute approximate surface area is 97.7 Å². The first-order valence-electron chi connectivity index (χ1n) is 5.32. The van der Waals surface area contributed by atoms with Gasteiger partial charge in [-0.15, -0.1) is 5.10 Å². The van der Waals surface area contributed by atoms with Crippen LogP contribution >= 0.6 is 0 Å². The zero-order chi connectivity index (χ0) is 13.2. The maximum Gasteiger partial charge on any atom is 0.435 e. The van der Waals surface area contributed by atoms with E-state index in [0.29, 0.717) is 5.69 Å². The molecule has 1 rings (SSSR count). The summed E-state index contributed by atoms with van der Waals surface area (Å²) in [6.45, 7) is 5.33. The molecule has 17 heavy (non-hydrogen) atoms. The molecule has 0 saturated heterocycles. The fourth-order valence-electron chi connectivity index (χ4n) is 1.82. The van der Waals surface area contributed by atoms with Crippen LogP contribution < -0.4 is 0 Å². The number of nitrogens with zero attached hydrogens (tertiary/aromatic N) is 2. The molecule has 0 aromatic carbocycles. The highest BCUT2D eigenvalue weighted by Crippen LogP contribution is 2.30. The van der Waals surface area contributed by atoms with E-state index in [0.717, 1.165) is 6.07 Å². The highest BCUT2D eigenvalue weighted by molar-refractivity contribution is 5.14. The fraction of sp³-hybridized carbons (Fsp3) is 0.636. The zero-order valence-electron chi connectivity index (χ0n) is 9.86. The largest absolute Gasteiger partial charge is 0.435 e. The average molecular weight is 248 g/mol. The van der Waals surface area contributed by atoms with Gasteiger partial charge in [0.15, 0.2) is 5.69 Å². The van der Waals surface area contributed by atoms with Crippen LogP contribution in [0, 0.1) is 5.92 Å². The van der Waals surface area contributed by atoms with Gasteiger partial charge in [0.05, 0.1) is 11.8 Å². The highest BCUT2D eigenvalue weighted by atomic mass is 19.4. The molecule has 0 fully saturated rings. The molecule has 0 bridgehead atoms. The van der Waals surface area contributed by atoms with Crippen molar-refractivity contribution < 1.29 is 18.3 Å². The summed E-state index contributed by atoms with van der Waals surface area (Å²) in [5.74, 6) is -0.245. The average Bonchev–Trinajstić information content (AvgIpc) is 2.15. The number of hydrogen-bond acceptors (Lipinski definition) is 3. The van der Waals surface area contributed by atoms with Crippen molar-refractivity contribution in [1.82, 2.24) is 10.2 Å². The minimum Gasteiger partial charge on any atom is -0.393 e. The summed E-state index contributed by atoms with van der Waals surface area (Å²) in [6, 6.07) is 2.16. The Morgan fingerprint density at radius 2 is 1.71 bits per heavy atom. The number of alkyl halides is 3. The normalized spacial score (nSPS) is 16.0. The lowest BCUT2D eigenvalue weighted by molar-refractivity contribution is -0.141. The van der Waals surface area contributed by atoms with Crippen molar-refractivity contribution in [2.75, 3.05) is 0 Å². The molecule has 0 saturated carbocycles. The van der Waals surface area contributed by atoms with Crippen LogP contribution in [-0.2, 0) is 6.18 Å². The number of aromatic nitrogens is 2. The minimum absolute atomic E-state index is 0.0704. The van der Waals surface area contributed by atoms with Gasteiger partial charge in [-0.2, -0.15) is 18.3 Å². The van der Waals surface area contributed by atoms with Gasteiger partial charge in [0.25, 0.3) is 0 Å². The van der Waals surface area contributed by atoms with E-state index in [-0.39, 0.29) is 11.8 Å². The first kappa shape index (κ1) is 13.9. The van der Waals surface area contributed by atoms with Crippen molar-refractivity contribution >= 4 is 0 Å². The monoisotopic (exact) mass is 248 g/mol. The summed E-state index contributed by atoms with van der Waals surface area (Å²) in [4.78, 5) is 0. The lowest BCUT2D eigenvalue weighted by atomic mass is 9.88. The molecule has 0 aliphatic rings. The molecular weight excluding hydrogens is 233 g/mol. The second-order valence-electron chi connectivity index (χ2n) is 4.35. The summed E-state index contributed by atoms with van der Waals surface area (Å²) >= 11 is 0. The molecule has 96 valence electrons. The molecule has 2 unspecified atom stereocenters. The molecule has 1 heterocycles. The van der Waals surface area contributed by atoms with Crippen LogP contribution in [-0.4, -0.2) is 21.4 Å². The quantitative estimate of drug-likeness (QED) is 0.894. The summed E-state index contributed by atoms with van der Waals surface area (Å²) in [7, 11) is 0. The van der Waals surface area contributed by atoms with E-state index in [2.05, 4.69) is 10.2 Å². The van der Waals surface area contributed by atoms with E-state index < -0.39 is 18.0 Å². The summed E-state index contributed by atoms with van der Waals surface area (Å²) in [5.41, 5.74) is -0.641. The third-order valence-corrected chi connectivity index (χ3v) is 2.56. The Hall–Kier alpha value is -1.17. The number of hydrogen-bond donors (Lipinski definition) is 1. The van der Waals surface area contributed by atoms with Gasteiger partial charge in [0.1, 0.15) is 0 Å². The third kappa shape index (κ3) is 3.39. The van der Waals surface area contributed by atoms with Crippen molar-refractivity contribution in [2.24, 2.45) is 5.92 Å². The van der Waals surface area contributed by atoms with E-state index in [9.17, 15) is 18.3 Å². The predicted molar refractivity (Wildman–Crippen MR) is 56.3 cm³/mol. The second kappa shape index (κ2) is 5.00. The predicted octanol–water partition coefficient (Wildman–Crippen LogP) is 2.62. The number of aliphatic hydroxyl groups excluding tert-OH is 1. The number of halogens is 3. The van der Waals surface area contributed by atoms with E-state index >= 15 is 0 Å². The van der Waals surface area contributed by atoms with Gasteiger partial charge in [-0.1, -0.05) is 13.8 Å². The van der Waals surface area contributed by atoms with Crippen molar-refractivity contribution in [1.29, 1.82) is 0 Å². The SMILES string of the molecule is CC(C)C(c1ccc(C(F)(F)F)nn1)C(C)O. The lowest BCUT2D eigenvalue weighted by Gasteiger charge is -2.22. The maximum atomic E-state index is 12.3. The minimum atomic E-state index is -4.48. The standard InChI is InChI=1S/C11H15F3N2O/c1-6(2)10(7(3)17)8-4-5-9(16-15-8)11(12,13)14/h4-7,10,17H,1-3H3. The topological polar surface area (TPSA) is 46.0 Å². The van der Waals surface area contributed by atoms with Gasteiger partial charge < -0.3 is 5.11 Å². The van der Waals surface area contributed by atoms with Gasteiger partial charge in [0.2, 0.25) is 0 Å². The zero-order valence-corrected chi connectivity index (χ0v) is 9.86. The van der Waals surface area contributed by atoms with Gasteiger partial charge in [-0.05, 0) is 25.0 Å². The van der Waals surface area contributed by atoms with E-state index in [4.69, 9.17) is 0 Å². The molecule has 1 aromatic rings. The van der Waals surface area contributed by atoms with Gasteiger partial charge in [-0.25, -0.2) is 0 Å². The van der Waals surface area contributed by atoms with Gasteiger partial charge in [-0.3, -0.25) is 0 Å². The highest BCUT2D eigenvalue weighted by Gasteiger charge is 2.33. The van der Waals surface area contributed by atoms with Gasteiger partial charge >= 0.3 is 6.18 Å². The summed E-state index contributed by atoms with van der Waals surface area (Å²) in [6.07, 6.45) is -5.16. The Bertz CT molecular complexity index is 352. The second-order valence-corrected chi connectivity index (χ2v) is 4.35. The molecule has 1 N–H and O–H groups in total. The van der Waals surface area contributed by atoms with Crippen LogP contribution in [0.5, 0.6) is 0 Å². The van der Waals surface area contributed by atoms with Crippen molar-refractivity contribution in [2.45, 2.75) is 39.0 Å². The molecule has 2 atom stereocenters. The van der Waals surface area contributed by atoms with Crippen LogP contribution in [0.4, 0.5) is 13.2 Å². The Morgan fingerprint density at radius 3 is 2.00 bits per heavy atom. The molecule has 1 aromatic heterocycles. The van der Waals surface area contributed by atoms with E-state index in [1.807, 2.05) is 13.8 Å². The first-order chi connectivity index (χ1) is 7.73. The molecule has 0 spiro atoms. The Kier molecular flexibility index (Phi) is 4.08. The third-order valence-electron chi connectivity index (χ3n) is 2.56. The molecular formula is C11H15F3N2O. The first-order valence-corrected chi connectivity index (χ1v) is 5.32. The molecule has 0 aliphatic carbocycles. The maximum absolute atomic E-state index is 12.3. The van der Waals surface area contributed by atoms with Crippen LogP contribution in [0.3, 0.4) is 0 Å². The van der Waals surface area contributed by atoms with Gasteiger partial charge in [0, 0.05) is 5.92 Å². The van der Waals surface area contributed by atoms with E-state index in [1.165, 1.54) is 6.07 Å². The molecule has 0 aliphatic heterocycles. The van der Waals surface area contributed by atoms with Crippen LogP contribution in [0.2, 0.25) is 0 Å². The van der Waals surface area contributed by atoms with Crippen molar-refractivity contribution in [3.8, 4) is 0 Å². The van der Waals surface area contributed by atoms with E-state index in [1.54, 1.807) is 6.92 Å². The molecule has 0 radical (unpaired) electrons. The number of rotatable bonds is 3. The Morgan fingerprint density at radius 1 is 1.12 bits per heavy atom. The molecule has 6 heteroatoms. The molecule has 3 nitrogen and oxygen atoms in total.